The van der Waals surface area contributed by atoms with Crippen LogP contribution >= 0.6 is 0 Å². The Morgan fingerprint density at radius 2 is 1.67 bits per heavy atom. The van der Waals surface area contributed by atoms with Gasteiger partial charge < -0.3 is 5.32 Å². The lowest BCUT2D eigenvalue weighted by Crippen LogP contribution is -2.25. The highest BCUT2D eigenvalue weighted by atomic mass is 19.4. The number of nitrogens with one attached hydrogen (secondary N) is 1. The van der Waals surface area contributed by atoms with Gasteiger partial charge in [-0.3, -0.25) is 0 Å². The first-order valence-corrected chi connectivity index (χ1v) is 6.69. The van der Waals surface area contributed by atoms with Crippen LogP contribution in [0.5, 0.6) is 0 Å². The molecule has 0 radical (unpaired) electrons. The average molecular weight is 313 g/mol. The molecule has 0 aliphatic heterocycles. The maximum atomic E-state index is 13.7. The minimum Gasteiger partial charge on any atom is -0.310 e. The van der Waals surface area contributed by atoms with Gasteiger partial charge in [-0.15, -0.1) is 0 Å². The average Bonchev–Trinajstić information content (AvgIpc) is 2.32. The van der Waals surface area contributed by atoms with E-state index in [2.05, 4.69) is 5.32 Å². The Morgan fingerprint density at radius 3 is 2.14 bits per heavy atom. The van der Waals surface area contributed by atoms with Gasteiger partial charge in [-0.2, -0.15) is 13.2 Å². The molecule has 0 aliphatic carbocycles. The molecule has 1 N–H and O–H groups in total. The van der Waals surface area contributed by atoms with Crippen LogP contribution in [0.25, 0.3) is 0 Å². The van der Waals surface area contributed by atoms with Gasteiger partial charge >= 0.3 is 6.18 Å². The molecule has 0 aliphatic rings. The molecule has 21 heavy (non-hydrogen) atoms. The quantitative estimate of drug-likeness (QED) is 0.708. The predicted octanol–water partition coefficient (Wildman–Crippen LogP) is 4.88. The SMILES string of the molecule is CCCNC(CCCC(F)(F)F)c1c(F)cc(F)cc1F. The van der Waals surface area contributed by atoms with Gasteiger partial charge in [0.25, 0.3) is 0 Å². The second-order valence-electron chi connectivity index (χ2n) is 4.80. The normalized spacial score (nSPS) is 13.5. The van der Waals surface area contributed by atoms with Gasteiger partial charge in [-0.1, -0.05) is 6.92 Å². The summed E-state index contributed by atoms with van der Waals surface area (Å²) in [6.07, 6.45) is -5.03. The zero-order valence-electron chi connectivity index (χ0n) is 11.5. The third-order valence-corrected chi connectivity index (χ3v) is 2.99. The number of halogens is 6. The summed E-state index contributed by atoms with van der Waals surface area (Å²) in [6, 6.07) is 0.152. The zero-order chi connectivity index (χ0) is 16.0. The van der Waals surface area contributed by atoms with E-state index in [4.69, 9.17) is 0 Å². The maximum absolute atomic E-state index is 13.7. The summed E-state index contributed by atoms with van der Waals surface area (Å²) in [6.45, 7) is 2.21. The smallest absolute Gasteiger partial charge is 0.310 e. The van der Waals surface area contributed by atoms with Crippen LogP contribution in [0.1, 0.15) is 44.2 Å². The van der Waals surface area contributed by atoms with Crippen molar-refractivity contribution in [3.8, 4) is 0 Å². The van der Waals surface area contributed by atoms with Crippen molar-refractivity contribution in [2.24, 2.45) is 0 Å². The van der Waals surface area contributed by atoms with E-state index < -0.39 is 41.7 Å². The summed E-state index contributed by atoms with van der Waals surface area (Å²) in [7, 11) is 0. The van der Waals surface area contributed by atoms with Crippen molar-refractivity contribution < 1.29 is 26.3 Å². The molecule has 0 saturated carbocycles. The van der Waals surface area contributed by atoms with Crippen LogP contribution in [0.15, 0.2) is 12.1 Å². The molecule has 1 unspecified atom stereocenters. The molecule has 0 aromatic heterocycles. The summed E-state index contributed by atoms with van der Waals surface area (Å²) in [4.78, 5) is 0. The molecule has 1 rings (SSSR count). The van der Waals surface area contributed by atoms with E-state index in [9.17, 15) is 26.3 Å². The van der Waals surface area contributed by atoms with Gasteiger partial charge in [0.1, 0.15) is 17.5 Å². The van der Waals surface area contributed by atoms with E-state index in [0.29, 0.717) is 25.1 Å². The highest BCUT2D eigenvalue weighted by molar-refractivity contribution is 5.24. The lowest BCUT2D eigenvalue weighted by Gasteiger charge is -2.20. The molecule has 120 valence electrons. The summed E-state index contributed by atoms with van der Waals surface area (Å²) < 4.78 is 76.8. The Labute approximate surface area is 119 Å². The van der Waals surface area contributed by atoms with Crippen LogP contribution in [0.2, 0.25) is 0 Å². The van der Waals surface area contributed by atoms with Crippen molar-refractivity contribution in [3.05, 3.63) is 35.1 Å². The minimum atomic E-state index is -4.31. The van der Waals surface area contributed by atoms with E-state index >= 15 is 0 Å². The summed E-state index contributed by atoms with van der Waals surface area (Å²) in [5.74, 6) is -3.24. The van der Waals surface area contributed by atoms with Gasteiger partial charge in [-0.05, 0) is 25.8 Å². The molecular formula is C14H17F6N. The molecule has 0 bridgehead atoms. The maximum Gasteiger partial charge on any atom is 0.389 e. The molecule has 0 saturated heterocycles. The van der Waals surface area contributed by atoms with Gasteiger partial charge in [0, 0.05) is 30.2 Å². The van der Waals surface area contributed by atoms with Crippen LogP contribution in [0, 0.1) is 17.5 Å². The Hall–Kier alpha value is -1.24. The third-order valence-electron chi connectivity index (χ3n) is 2.99. The number of alkyl halides is 3. The van der Waals surface area contributed by atoms with Gasteiger partial charge in [0.2, 0.25) is 0 Å². The van der Waals surface area contributed by atoms with Crippen molar-refractivity contribution in [3.63, 3.8) is 0 Å². The fourth-order valence-corrected chi connectivity index (χ4v) is 2.06. The highest BCUT2D eigenvalue weighted by Crippen LogP contribution is 2.29. The predicted molar refractivity (Wildman–Crippen MR) is 67.3 cm³/mol. The van der Waals surface area contributed by atoms with E-state index in [0.717, 1.165) is 0 Å². The molecule has 7 heteroatoms. The first-order valence-electron chi connectivity index (χ1n) is 6.69. The van der Waals surface area contributed by atoms with Crippen molar-refractivity contribution in [2.45, 2.75) is 44.8 Å². The number of benzene rings is 1. The lowest BCUT2D eigenvalue weighted by molar-refractivity contribution is -0.135. The van der Waals surface area contributed by atoms with E-state index in [1.807, 2.05) is 6.92 Å². The monoisotopic (exact) mass is 313 g/mol. The van der Waals surface area contributed by atoms with Crippen LogP contribution in [0.3, 0.4) is 0 Å². The summed E-state index contributed by atoms with van der Waals surface area (Å²) >= 11 is 0. The number of hydrogen-bond donors (Lipinski definition) is 1. The van der Waals surface area contributed by atoms with E-state index in [1.165, 1.54) is 0 Å². The topological polar surface area (TPSA) is 12.0 Å². The van der Waals surface area contributed by atoms with Crippen molar-refractivity contribution in [2.75, 3.05) is 6.54 Å². The first-order chi connectivity index (χ1) is 9.74. The van der Waals surface area contributed by atoms with Crippen molar-refractivity contribution in [1.29, 1.82) is 0 Å². The molecule has 1 atom stereocenters. The molecule has 1 aromatic rings. The molecule has 0 amide bonds. The van der Waals surface area contributed by atoms with E-state index in [-0.39, 0.29) is 12.8 Å². The molecule has 0 spiro atoms. The van der Waals surface area contributed by atoms with Gasteiger partial charge in [-0.25, -0.2) is 13.2 Å². The van der Waals surface area contributed by atoms with Crippen molar-refractivity contribution >= 4 is 0 Å². The second kappa shape index (κ2) is 7.68. The van der Waals surface area contributed by atoms with Gasteiger partial charge in [0.05, 0.1) is 0 Å². The molecule has 0 heterocycles. The molecule has 1 nitrogen and oxygen atoms in total. The summed E-state index contributed by atoms with van der Waals surface area (Å²) in [5, 5.41) is 2.80. The number of rotatable bonds is 7. The Balaban J connectivity index is 2.87. The standard InChI is InChI=1S/C14H17F6N/c1-2-6-21-12(4-3-5-14(18,19)20)13-10(16)7-9(15)8-11(13)17/h7-8,12,21H,2-6H2,1H3. The molecule has 1 aromatic carbocycles. The highest BCUT2D eigenvalue weighted by Gasteiger charge is 2.28. The third kappa shape index (κ3) is 5.95. The van der Waals surface area contributed by atoms with Crippen molar-refractivity contribution in [1.82, 2.24) is 5.32 Å². The fourth-order valence-electron chi connectivity index (χ4n) is 2.06. The molecule has 0 fully saturated rings. The zero-order valence-corrected chi connectivity index (χ0v) is 11.5. The largest absolute Gasteiger partial charge is 0.389 e. The van der Waals surface area contributed by atoms with E-state index in [1.54, 1.807) is 0 Å². The van der Waals surface area contributed by atoms with Crippen LogP contribution < -0.4 is 5.32 Å². The Bertz CT molecular complexity index is 434. The fraction of sp³-hybridized carbons (Fsp3) is 0.571. The van der Waals surface area contributed by atoms with Crippen LogP contribution in [0.4, 0.5) is 26.3 Å². The number of hydrogen-bond acceptors (Lipinski definition) is 1. The first kappa shape index (κ1) is 17.8. The lowest BCUT2D eigenvalue weighted by atomic mass is 9.99. The molecular weight excluding hydrogens is 296 g/mol. The van der Waals surface area contributed by atoms with Crippen LogP contribution in [-0.2, 0) is 0 Å². The Morgan fingerprint density at radius 1 is 1.10 bits per heavy atom. The second-order valence-corrected chi connectivity index (χ2v) is 4.80. The van der Waals surface area contributed by atoms with Crippen LogP contribution in [-0.4, -0.2) is 12.7 Å². The Kier molecular flexibility index (Phi) is 6.51. The summed E-state index contributed by atoms with van der Waals surface area (Å²) in [5.41, 5.74) is -0.410. The van der Waals surface area contributed by atoms with Gasteiger partial charge in [0.15, 0.2) is 0 Å². The minimum absolute atomic E-state index is 0.0843.